The lowest BCUT2D eigenvalue weighted by Gasteiger charge is -2.31. The summed E-state index contributed by atoms with van der Waals surface area (Å²) in [5.74, 6) is 0.531. The molecule has 8 rings (SSSR count). The number of fused-ring (bicyclic) bond motifs is 2. The maximum Gasteiger partial charge on any atom is 0.189 e. The molecule has 0 bridgehead atoms. The maximum atomic E-state index is 13.1. The molecule has 57 heavy (non-hydrogen) atoms. The van der Waals surface area contributed by atoms with Gasteiger partial charge in [-0.1, -0.05) is 185 Å². The minimum Gasteiger partial charge on any atom is -0.303 e. The molecule has 0 saturated heterocycles. The van der Waals surface area contributed by atoms with Crippen molar-refractivity contribution < 1.29 is 14.4 Å². The first kappa shape index (κ1) is 42.2. The predicted molar refractivity (Wildman–Crippen MR) is 238 cm³/mol. The van der Waals surface area contributed by atoms with E-state index in [1.54, 1.807) is 0 Å². The minimum absolute atomic E-state index is 0.0399. The fourth-order valence-corrected chi connectivity index (χ4v) is 9.28. The van der Waals surface area contributed by atoms with Crippen molar-refractivity contribution in [2.45, 2.75) is 150 Å². The molecule has 300 valence electrons. The molecule has 3 nitrogen and oxygen atoms in total. The Morgan fingerprint density at radius 1 is 0.509 bits per heavy atom. The van der Waals surface area contributed by atoms with E-state index in [1.165, 1.54) is 95.9 Å². The number of hydrogen-bond donors (Lipinski definition) is 0. The average Bonchev–Trinajstić information content (AvgIpc) is 3.73. The highest BCUT2D eigenvalue weighted by Crippen LogP contribution is 2.42. The zero-order valence-electron chi connectivity index (χ0n) is 36.2. The normalized spacial score (nSPS) is 19.1. The first-order valence-electron chi connectivity index (χ1n) is 21.7. The Balaban J connectivity index is 0.000000164. The molecule has 2 fully saturated rings. The van der Waals surface area contributed by atoms with Gasteiger partial charge < -0.3 is 4.79 Å². The van der Waals surface area contributed by atoms with Gasteiger partial charge in [-0.25, -0.2) is 0 Å². The standard InChI is InChI=1S/C27H32O.C19H20O.C8H14O/c1-26(2,3)21-13-11-19(12-14-21)22-9-8-10-23-24(22)17-20(25(23)28)18-27(4)15-6-5-7-16-27;1-19(2,3)14-9-7-13(8-10-14)15-5-4-6-17-16(15)11-12-18(17)20;1-8(7-9)5-3-2-4-6-8/h8-14,18H,5-7,15-17H2,1-4H3;4-10H,11-12H2,1-3H3;7H,2-6H2,1H3/b20-18+;;. The second-order valence-corrected chi connectivity index (χ2v) is 20.0. The van der Waals surface area contributed by atoms with Crippen LogP contribution in [0.15, 0.2) is 96.6 Å². The van der Waals surface area contributed by atoms with Crippen molar-refractivity contribution in [1.29, 1.82) is 0 Å². The molecule has 2 saturated carbocycles. The Bertz CT molecular complexity index is 2080. The van der Waals surface area contributed by atoms with Crippen LogP contribution in [0.1, 0.15) is 169 Å². The van der Waals surface area contributed by atoms with E-state index in [1.807, 2.05) is 24.3 Å². The monoisotopic (exact) mass is 763 g/mol. The number of ketones is 2. The summed E-state index contributed by atoms with van der Waals surface area (Å²) in [5.41, 5.74) is 13.4. The van der Waals surface area contributed by atoms with Crippen molar-refractivity contribution in [2.24, 2.45) is 10.8 Å². The Hall–Kier alpha value is -4.37. The van der Waals surface area contributed by atoms with Gasteiger partial charge in [-0.05, 0) is 92.9 Å². The van der Waals surface area contributed by atoms with E-state index in [4.69, 9.17) is 0 Å². The van der Waals surface area contributed by atoms with Crippen LogP contribution in [0.4, 0.5) is 0 Å². The Morgan fingerprint density at radius 2 is 0.947 bits per heavy atom. The first-order valence-corrected chi connectivity index (χ1v) is 21.7. The molecule has 0 N–H and O–H groups in total. The average molecular weight is 763 g/mol. The third-order valence-electron chi connectivity index (χ3n) is 13.1. The first-order chi connectivity index (χ1) is 27.0. The van der Waals surface area contributed by atoms with Crippen molar-refractivity contribution in [1.82, 2.24) is 0 Å². The number of carbonyl (C=O) groups is 3. The summed E-state index contributed by atoms with van der Waals surface area (Å²) in [6.45, 7) is 17.8. The second kappa shape index (κ2) is 17.2. The quantitative estimate of drug-likeness (QED) is 0.154. The zero-order chi connectivity index (χ0) is 41.0. The van der Waals surface area contributed by atoms with E-state index in [2.05, 4.69) is 122 Å². The van der Waals surface area contributed by atoms with Gasteiger partial charge in [0.05, 0.1) is 0 Å². The van der Waals surface area contributed by atoms with Gasteiger partial charge in [0.2, 0.25) is 0 Å². The van der Waals surface area contributed by atoms with Gasteiger partial charge in [0.1, 0.15) is 6.29 Å². The lowest BCUT2D eigenvalue weighted by Crippen LogP contribution is -2.21. The van der Waals surface area contributed by atoms with Crippen LogP contribution in [0.2, 0.25) is 0 Å². The highest BCUT2D eigenvalue weighted by molar-refractivity contribution is 6.14. The number of rotatable bonds is 4. The van der Waals surface area contributed by atoms with Crippen molar-refractivity contribution in [3.05, 3.63) is 130 Å². The fraction of sp³-hybridized carbons (Fsp3) is 0.463. The summed E-state index contributed by atoms with van der Waals surface area (Å²) in [6, 6.07) is 29.9. The molecule has 0 aliphatic heterocycles. The van der Waals surface area contributed by atoms with Crippen molar-refractivity contribution in [3.63, 3.8) is 0 Å². The molecule has 4 aliphatic rings. The summed E-state index contributed by atoms with van der Waals surface area (Å²) >= 11 is 0. The van der Waals surface area contributed by atoms with Crippen LogP contribution in [0.3, 0.4) is 0 Å². The highest BCUT2D eigenvalue weighted by atomic mass is 16.1. The van der Waals surface area contributed by atoms with Crippen LogP contribution in [0, 0.1) is 10.8 Å². The van der Waals surface area contributed by atoms with Gasteiger partial charge in [-0.2, -0.15) is 0 Å². The SMILES string of the molecule is CC(C)(C)c1ccc(-c2cccc3c2CCC3=O)cc1.CC1(/C=C2\Cc3c(cccc3-c3ccc(C(C)(C)C)cc3)C2=O)CCCCC1.CC1(C=O)CCCCC1. The number of allylic oxidation sites excluding steroid dienone is 2. The topological polar surface area (TPSA) is 51.2 Å². The zero-order valence-corrected chi connectivity index (χ0v) is 36.2. The number of aldehydes is 1. The minimum atomic E-state index is 0.0399. The molecule has 3 heteroatoms. The molecule has 0 amide bonds. The molecule has 0 aromatic heterocycles. The lowest BCUT2D eigenvalue weighted by atomic mass is 9.74. The number of carbonyl (C=O) groups excluding carboxylic acids is 3. The summed E-state index contributed by atoms with van der Waals surface area (Å²) < 4.78 is 0. The van der Waals surface area contributed by atoms with E-state index in [9.17, 15) is 14.4 Å². The van der Waals surface area contributed by atoms with E-state index >= 15 is 0 Å². The molecule has 0 heterocycles. The van der Waals surface area contributed by atoms with Crippen LogP contribution in [0.5, 0.6) is 0 Å². The van der Waals surface area contributed by atoms with Gasteiger partial charge in [0.25, 0.3) is 0 Å². The van der Waals surface area contributed by atoms with Gasteiger partial charge >= 0.3 is 0 Å². The smallest absolute Gasteiger partial charge is 0.189 e. The maximum absolute atomic E-state index is 13.1. The summed E-state index contributed by atoms with van der Waals surface area (Å²) in [6.07, 6.45) is 18.1. The molecule has 0 unspecified atom stereocenters. The number of benzene rings is 4. The van der Waals surface area contributed by atoms with E-state index < -0.39 is 0 Å². The lowest BCUT2D eigenvalue weighted by molar-refractivity contribution is -0.116. The molecule has 4 aromatic rings. The Kier molecular flexibility index (Phi) is 12.8. The van der Waals surface area contributed by atoms with E-state index in [-0.39, 0.29) is 33.2 Å². The van der Waals surface area contributed by atoms with Gasteiger partial charge in [-0.3, -0.25) is 9.59 Å². The van der Waals surface area contributed by atoms with Crippen LogP contribution in [-0.2, 0) is 28.5 Å². The molecule has 4 aromatic carbocycles. The molecule has 0 atom stereocenters. The Labute approximate surface area is 343 Å². The van der Waals surface area contributed by atoms with Gasteiger partial charge in [0, 0.05) is 35.0 Å². The third-order valence-corrected chi connectivity index (χ3v) is 13.1. The Morgan fingerprint density at radius 3 is 1.40 bits per heavy atom. The van der Waals surface area contributed by atoms with Crippen molar-refractivity contribution in [2.75, 3.05) is 0 Å². The number of hydrogen-bond acceptors (Lipinski definition) is 3. The molecule has 4 aliphatic carbocycles. The summed E-state index contributed by atoms with van der Waals surface area (Å²) in [5, 5.41) is 0. The molecular weight excluding hydrogens is 697 g/mol. The van der Waals surface area contributed by atoms with Crippen LogP contribution in [0.25, 0.3) is 22.3 Å². The summed E-state index contributed by atoms with van der Waals surface area (Å²) in [7, 11) is 0. The van der Waals surface area contributed by atoms with Crippen LogP contribution in [-0.4, -0.2) is 17.9 Å². The largest absolute Gasteiger partial charge is 0.303 e. The third kappa shape index (κ3) is 10.0. The van der Waals surface area contributed by atoms with Gasteiger partial charge in [-0.15, -0.1) is 0 Å². The second-order valence-electron chi connectivity index (χ2n) is 20.0. The molecule has 0 spiro atoms. The van der Waals surface area contributed by atoms with E-state index in [0.29, 0.717) is 6.42 Å². The highest BCUT2D eigenvalue weighted by Gasteiger charge is 2.32. The predicted octanol–water partition coefficient (Wildman–Crippen LogP) is 14.2. The molecular formula is C54H66O3. The van der Waals surface area contributed by atoms with Crippen LogP contribution >= 0.6 is 0 Å². The van der Waals surface area contributed by atoms with E-state index in [0.717, 1.165) is 48.7 Å². The van der Waals surface area contributed by atoms with Gasteiger partial charge in [0.15, 0.2) is 11.6 Å². The van der Waals surface area contributed by atoms with Crippen molar-refractivity contribution >= 4 is 17.9 Å². The van der Waals surface area contributed by atoms with Crippen molar-refractivity contribution in [3.8, 4) is 22.3 Å². The summed E-state index contributed by atoms with van der Waals surface area (Å²) in [4.78, 5) is 35.4. The fourth-order valence-electron chi connectivity index (χ4n) is 9.28. The molecule has 0 radical (unpaired) electrons. The number of Topliss-reactive ketones (excluding diaryl/α,β-unsaturated/α-hetero) is 2. The van der Waals surface area contributed by atoms with Crippen LogP contribution < -0.4 is 0 Å².